The average molecular weight is 166 g/mol. The van der Waals surface area contributed by atoms with E-state index in [0.717, 1.165) is 25.0 Å². The number of azo groups is 1. The van der Waals surface area contributed by atoms with Crippen molar-refractivity contribution in [1.29, 1.82) is 0 Å². The van der Waals surface area contributed by atoms with Crippen LogP contribution in [0, 0.1) is 0 Å². The molecule has 0 saturated heterocycles. The fourth-order valence-corrected chi connectivity index (χ4v) is 1.10. The van der Waals surface area contributed by atoms with Crippen molar-refractivity contribution in [3.05, 3.63) is 23.9 Å². The molecule has 0 rings (SSSR count). The van der Waals surface area contributed by atoms with Crippen molar-refractivity contribution in [3.8, 4) is 0 Å². The molecule has 0 aromatic heterocycles. The summed E-state index contributed by atoms with van der Waals surface area (Å²) in [6, 6.07) is 0. The van der Waals surface area contributed by atoms with Gasteiger partial charge in [0.1, 0.15) is 0 Å². The summed E-state index contributed by atoms with van der Waals surface area (Å²) >= 11 is 0. The number of rotatable bonds is 5. The van der Waals surface area contributed by atoms with Gasteiger partial charge in [-0.2, -0.15) is 10.2 Å². The molecule has 0 bridgehead atoms. The molecule has 12 heavy (non-hydrogen) atoms. The average Bonchev–Trinajstić information content (AvgIpc) is 2.07. The number of nitrogens with zero attached hydrogens (tertiary/aromatic N) is 2. The van der Waals surface area contributed by atoms with E-state index in [1.165, 1.54) is 5.57 Å². The van der Waals surface area contributed by atoms with Crippen LogP contribution in [0.2, 0.25) is 0 Å². The van der Waals surface area contributed by atoms with Crippen LogP contribution in [0.1, 0.15) is 33.1 Å². The van der Waals surface area contributed by atoms with E-state index in [2.05, 4.69) is 30.7 Å². The smallest absolute Gasteiger partial charge is 0.0657 e. The first-order valence-corrected chi connectivity index (χ1v) is 4.44. The van der Waals surface area contributed by atoms with Gasteiger partial charge in [-0.05, 0) is 18.4 Å². The molecule has 68 valence electrons. The van der Waals surface area contributed by atoms with Crippen LogP contribution in [0.25, 0.3) is 0 Å². The van der Waals surface area contributed by atoms with Crippen molar-refractivity contribution < 1.29 is 0 Å². The van der Waals surface area contributed by atoms with E-state index < -0.39 is 0 Å². The van der Waals surface area contributed by atoms with Crippen LogP contribution in [0.5, 0.6) is 0 Å². The van der Waals surface area contributed by atoms with E-state index in [-0.39, 0.29) is 0 Å². The molecule has 0 amide bonds. The number of hydrogen-bond donors (Lipinski definition) is 0. The van der Waals surface area contributed by atoms with Crippen molar-refractivity contribution in [3.63, 3.8) is 0 Å². The second-order valence-electron chi connectivity index (χ2n) is 2.58. The summed E-state index contributed by atoms with van der Waals surface area (Å²) in [4.78, 5) is 0. The first-order chi connectivity index (χ1) is 5.79. The molecule has 0 unspecified atom stereocenters. The van der Waals surface area contributed by atoms with Crippen LogP contribution in [0.4, 0.5) is 0 Å². The second kappa shape index (κ2) is 6.77. The highest BCUT2D eigenvalue weighted by Crippen LogP contribution is 2.16. The number of allylic oxidation sites excluding steroid dienone is 3. The van der Waals surface area contributed by atoms with Gasteiger partial charge < -0.3 is 0 Å². The van der Waals surface area contributed by atoms with Crippen LogP contribution in [-0.2, 0) is 0 Å². The van der Waals surface area contributed by atoms with E-state index in [4.69, 9.17) is 0 Å². The molecule has 0 N–H and O–H groups in total. The maximum Gasteiger partial charge on any atom is 0.0657 e. The lowest BCUT2D eigenvalue weighted by Crippen LogP contribution is -1.85. The summed E-state index contributed by atoms with van der Waals surface area (Å²) in [6.45, 7) is 8.01. The van der Waals surface area contributed by atoms with E-state index in [1.54, 1.807) is 7.05 Å². The minimum absolute atomic E-state index is 0.984. The van der Waals surface area contributed by atoms with Gasteiger partial charge in [0.25, 0.3) is 0 Å². The van der Waals surface area contributed by atoms with Gasteiger partial charge in [0, 0.05) is 7.05 Å². The van der Waals surface area contributed by atoms with Gasteiger partial charge in [0.2, 0.25) is 0 Å². The monoisotopic (exact) mass is 166 g/mol. The summed E-state index contributed by atoms with van der Waals surface area (Å²) in [5.41, 5.74) is 2.29. The molecule has 0 saturated carbocycles. The minimum atomic E-state index is 0.984. The summed E-state index contributed by atoms with van der Waals surface area (Å²) < 4.78 is 0. The molecule has 0 aliphatic rings. The SMILES string of the molecule is C=C/C(CC)=C(/CCC)N=NC. The third-order valence-electron chi connectivity index (χ3n) is 1.71. The van der Waals surface area contributed by atoms with Crippen LogP contribution < -0.4 is 0 Å². The highest BCUT2D eigenvalue weighted by Gasteiger charge is 1.99. The highest BCUT2D eigenvalue weighted by atomic mass is 15.1. The van der Waals surface area contributed by atoms with Crippen LogP contribution in [0.3, 0.4) is 0 Å². The minimum Gasteiger partial charge on any atom is -0.192 e. The van der Waals surface area contributed by atoms with Gasteiger partial charge in [0.15, 0.2) is 0 Å². The Hall–Kier alpha value is -0.920. The van der Waals surface area contributed by atoms with Crippen molar-refractivity contribution in [1.82, 2.24) is 0 Å². The Kier molecular flexibility index (Phi) is 6.25. The molecule has 0 radical (unpaired) electrons. The molecule has 0 aliphatic carbocycles. The lowest BCUT2D eigenvalue weighted by atomic mass is 10.1. The summed E-state index contributed by atoms with van der Waals surface area (Å²) in [7, 11) is 1.70. The molecule has 0 aromatic rings. The zero-order valence-electron chi connectivity index (χ0n) is 8.30. The van der Waals surface area contributed by atoms with Crippen molar-refractivity contribution in [2.75, 3.05) is 7.05 Å². The third kappa shape index (κ3) is 3.46. The Bertz CT molecular complexity index is 190. The number of hydrogen-bond acceptors (Lipinski definition) is 2. The molecule has 0 aromatic carbocycles. The summed E-state index contributed by atoms with van der Waals surface area (Å²) in [6.07, 6.45) is 4.95. The quantitative estimate of drug-likeness (QED) is 0.439. The van der Waals surface area contributed by atoms with Gasteiger partial charge in [0.05, 0.1) is 5.70 Å². The molecule has 0 heterocycles. The standard InChI is InChI=1S/C10H18N2/c1-5-8-10(12-11-4)9(6-2)7-3/h6H,2,5,7-8H2,1,3-4H3/b10-9+,12-11?. The Balaban J connectivity index is 4.61. The molecule has 0 spiro atoms. The topological polar surface area (TPSA) is 24.7 Å². The Labute approximate surface area is 75.1 Å². The normalized spacial score (nSPS) is 13.2. The third-order valence-corrected chi connectivity index (χ3v) is 1.71. The first-order valence-electron chi connectivity index (χ1n) is 4.44. The molecule has 0 aliphatic heterocycles. The molecule has 0 fully saturated rings. The van der Waals surface area contributed by atoms with Crippen molar-refractivity contribution in [2.24, 2.45) is 10.2 Å². The van der Waals surface area contributed by atoms with Crippen LogP contribution >= 0.6 is 0 Å². The van der Waals surface area contributed by atoms with Gasteiger partial charge >= 0.3 is 0 Å². The molecular weight excluding hydrogens is 148 g/mol. The lowest BCUT2D eigenvalue weighted by molar-refractivity contribution is 0.843. The summed E-state index contributed by atoms with van der Waals surface area (Å²) in [5.74, 6) is 0. The predicted molar refractivity (Wildman–Crippen MR) is 53.2 cm³/mol. The van der Waals surface area contributed by atoms with Crippen LogP contribution in [-0.4, -0.2) is 7.05 Å². The molecule has 0 atom stereocenters. The highest BCUT2D eigenvalue weighted by molar-refractivity contribution is 5.22. The Morgan fingerprint density at radius 3 is 2.42 bits per heavy atom. The molecule has 2 heteroatoms. The van der Waals surface area contributed by atoms with Crippen LogP contribution in [0.15, 0.2) is 34.2 Å². The summed E-state index contributed by atoms with van der Waals surface area (Å²) in [5, 5.41) is 7.88. The van der Waals surface area contributed by atoms with E-state index in [0.29, 0.717) is 0 Å². The van der Waals surface area contributed by atoms with E-state index in [1.807, 2.05) is 6.08 Å². The maximum atomic E-state index is 4.09. The van der Waals surface area contributed by atoms with Gasteiger partial charge in [-0.25, -0.2) is 0 Å². The van der Waals surface area contributed by atoms with E-state index in [9.17, 15) is 0 Å². The molecule has 2 nitrogen and oxygen atoms in total. The van der Waals surface area contributed by atoms with Crippen molar-refractivity contribution >= 4 is 0 Å². The fourth-order valence-electron chi connectivity index (χ4n) is 1.10. The zero-order chi connectivity index (χ0) is 9.40. The second-order valence-corrected chi connectivity index (χ2v) is 2.58. The Morgan fingerprint density at radius 1 is 1.42 bits per heavy atom. The lowest BCUT2D eigenvalue weighted by Gasteiger charge is -2.02. The fraction of sp³-hybridized carbons (Fsp3) is 0.600. The predicted octanol–water partition coefficient (Wildman–Crippen LogP) is 3.72. The van der Waals surface area contributed by atoms with E-state index >= 15 is 0 Å². The van der Waals surface area contributed by atoms with Crippen molar-refractivity contribution in [2.45, 2.75) is 33.1 Å². The zero-order valence-corrected chi connectivity index (χ0v) is 8.30. The van der Waals surface area contributed by atoms with Gasteiger partial charge in [-0.1, -0.05) is 32.9 Å². The largest absolute Gasteiger partial charge is 0.192 e. The molecular formula is C10H18N2. The van der Waals surface area contributed by atoms with Gasteiger partial charge in [-0.3, -0.25) is 0 Å². The Morgan fingerprint density at radius 2 is 2.08 bits per heavy atom. The first kappa shape index (κ1) is 11.1. The van der Waals surface area contributed by atoms with Gasteiger partial charge in [-0.15, -0.1) is 0 Å². The maximum absolute atomic E-state index is 4.09.